The van der Waals surface area contributed by atoms with Crippen LogP contribution in [0.5, 0.6) is 0 Å². The molecular formula is C16H33IN4O2. The maximum absolute atomic E-state index is 11.7. The monoisotopic (exact) mass is 440 g/mol. The minimum Gasteiger partial charge on any atom is -0.382 e. The molecule has 7 heteroatoms. The third-order valence-electron chi connectivity index (χ3n) is 3.70. The Kier molecular flexibility index (Phi) is 13.5. The summed E-state index contributed by atoms with van der Waals surface area (Å²) in [5.41, 5.74) is 0. The van der Waals surface area contributed by atoms with Crippen LogP contribution < -0.4 is 10.6 Å². The summed E-state index contributed by atoms with van der Waals surface area (Å²) < 4.78 is 5.32. The molecule has 1 aliphatic rings. The van der Waals surface area contributed by atoms with E-state index in [1.165, 1.54) is 0 Å². The molecule has 0 aromatic heterocycles. The number of hydrogen-bond acceptors (Lipinski definition) is 3. The molecule has 23 heavy (non-hydrogen) atoms. The molecule has 0 radical (unpaired) electrons. The first-order valence-corrected chi connectivity index (χ1v) is 8.61. The highest BCUT2D eigenvalue weighted by Gasteiger charge is 2.25. The summed E-state index contributed by atoms with van der Waals surface area (Å²) in [5.74, 6) is 1.09. The van der Waals surface area contributed by atoms with Crippen molar-refractivity contribution in [2.75, 3.05) is 39.4 Å². The van der Waals surface area contributed by atoms with Crippen molar-refractivity contribution in [3.63, 3.8) is 0 Å². The third kappa shape index (κ3) is 9.34. The molecular weight excluding hydrogens is 407 g/mol. The van der Waals surface area contributed by atoms with Gasteiger partial charge in [0.05, 0.1) is 0 Å². The first-order chi connectivity index (χ1) is 10.7. The molecule has 0 aromatic rings. The van der Waals surface area contributed by atoms with Gasteiger partial charge in [-0.05, 0) is 33.1 Å². The van der Waals surface area contributed by atoms with Crippen molar-refractivity contribution >= 4 is 35.8 Å². The van der Waals surface area contributed by atoms with Crippen LogP contribution in [0.1, 0.15) is 46.5 Å². The standard InChI is InChI=1S/C16H32N4O2.HI/c1-4-15(21)20-11-9-14(13-20)19-16(17-5-2)18-10-7-8-12-22-6-3;/h14H,4-13H2,1-3H3,(H2,17,18,19);1H. The highest BCUT2D eigenvalue weighted by Crippen LogP contribution is 2.10. The van der Waals surface area contributed by atoms with Crippen LogP contribution in [-0.4, -0.2) is 62.2 Å². The zero-order valence-corrected chi connectivity index (χ0v) is 17.1. The minimum absolute atomic E-state index is 0. The SMILES string of the molecule is CCNC(=NCCCCOCC)NC1CCN(C(=O)CC)C1.I. The van der Waals surface area contributed by atoms with Crippen molar-refractivity contribution in [1.82, 2.24) is 15.5 Å². The van der Waals surface area contributed by atoms with Crippen LogP contribution in [0.4, 0.5) is 0 Å². The topological polar surface area (TPSA) is 66.0 Å². The van der Waals surface area contributed by atoms with E-state index < -0.39 is 0 Å². The van der Waals surface area contributed by atoms with Crippen LogP contribution >= 0.6 is 24.0 Å². The van der Waals surface area contributed by atoms with Crippen molar-refractivity contribution in [1.29, 1.82) is 0 Å². The number of guanidine groups is 1. The maximum atomic E-state index is 11.7. The number of likely N-dealkylation sites (tertiary alicyclic amines) is 1. The number of nitrogens with zero attached hydrogens (tertiary/aromatic N) is 2. The van der Waals surface area contributed by atoms with Gasteiger partial charge < -0.3 is 20.3 Å². The Balaban J connectivity index is 0.00000484. The summed E-state index contributed by atoms with van der Waals surface area (Å²) in [4.78, 5) is 18.2. The van der Waals surface area contributed by atoms with Gasteiger partial charge in [0.2, 0.25) is 5.91 Å². The van der Waals surface area contributed by atoms with Crippen LogP contribution in [0.3, 0.4) is 0 Å². The Morgan fingerprint density at radius 2 is 2.09 bits per heavy atom. The largest absolute Gasteiger partial charge is 0.382 e. The van der Waals surface area contributed by atoms with Gasteiger partial charge >= 0.3 is 0 Å². The first-order valence-electron chi connectivity index (χ1n) is 8.61. The van der Waals surface area contributed by atoms with Crippen LogP contribution in [0.25, 0.3) is 0 Å². The van der Waals surface area contributed by atoms with Gasteiger partial charge in [0.15, 0.2) is 5.96 Å². The van der Waals surface area contributed by atoms with Gasteiger partial charge in [-0.2, -0.15) is 0 Å². The van der Waals surface area contributed by atoms with E-state index in [2.05, 4.69) is 22.5 Å². The second-order valence-corrected chi connectivity index (χ2v) is 5.49. The fourth-order valence-electron chi connectivity index (χ4n) is 2.49. The lowest BCUT2D eigenvalue weighted by Gasteiger charge is -2.18. The molecule has 1 atom stereocenters. The number of carbonyl (C=O) groups excluding carboxylic acids is 1. The summed E-state index contributed by atoms with van der Waals surface area (Å²) in [6.45, 7) is 10.8. The molecule has 0 spiro atoms. The number of ether oxygens (including phenoxy) is 1. The predicted molar refractivity (Wildman–Crippen MR) is 106 cm³/mol. The Labute approximate surface area is 157 Å². The van der Waals surface area contributed by atoms with Crippen molar-refractivity contribution in [2.45, 2.75) is 52.5 Å². The number of amides is 1. The zero-order chi connectivity index (χ0) is 16.2. The van der Waals surface area contributed by atoms with E-state index in [0.717, 1.165) is 64.6 Å². The quantitative estimate of drug-likeness (QED) is 0.249. The van der Waals surface area contributed by atoms with Crippen LogP contribution in [-0.2, 0) is 9.53 Å². The Morgan fingerprint density at radius 3 is 2.74 bits per heavy atom. The molecule has 1 unspecified atom stereocenters. The van der Waals surface area contributed by atoms with E-state index in [-0.39, 0.29) is 29.9 Å². The van der Waals surface area contributed by atoms with Crippen LogP contribution in [0.15, 0.2) is 4.99 Å². The predicted octanol–water partition coefficient (Wildman–Crippen LogP) is 1.99. The van der Waals surface area contributed by atoms with Gasteiger partial charge in [-0.25, -0.2) is 0 Å². The maximum Gasteiger partial charge on any atom is 0.222 e. The van der Waals surface area contributed by atoms with Gasteiger partial charge in [0, 0.05) is 51.9 Å². The molecule has 0 aromatic carbocycles. The molecule has 1 saturated heterocycles. The van der Waals surface area contributed by atoms with Gasteiger partial charge in [0.25, 0.3) is 0 Å². The molecule has 136 valence electrons. The van der Waals surface area contributed by atoms with E-state index in [1.807, 2.05) is 18.7 Å². The number of rotatable bonds is 9. The molecule has 0 saturated carbocycles. The summed E-state index contributed by atoms with van der Waals surface area (Å²) in [5, 5.41) is 6.72. The highest BCUT2D eigenvalue weighted by molar-refractivity contribution is 14.0. The van der Waals surface area contributed by atoms with Gasteiger partial charge in [-0.1, -0.05) is 6.92 Å². The van der Waals surface area contributed by atoms with Crippen molar-refractivity contribution in [3.05, 3.63) is 0 Å². The Hall–Kier alpha value is -0.570. The average Bonchev–Trinajstić information content (AvgIpc) is 2.98. The number of nitrogens with one attached hydrogen (secondary N) is 2. The van der Waals surface area contributed by atoms with Crippen LogP contribution in [0.2, 0.25) is 0 Å². The molecule has 1 aliphatic heterocycles. The molecule has 2 N–H and O–H groups in total. The number of hydrogen-bond donors (Lipinski definition) is 2. The summed E-state index contributed by atoms with van der Waals surface area (Å²) >= 11 is 0. The fraction of sp³-hybridized carbons (Fsp3) is 0.875. The van der Waals surface area contributed by atoms with Gasteiger partial charge in [-0.15, -0.1) is 24.0 Å². The van der Waals surface area contributed by atoms with E-state index >= 15 is 0 Å². The second kappa shape index (κ2) is 13.8. The molecule has 0 aliphatic carbocycles. The van der Waals surface area contributed by atoms with E-state index in [4.69, 9.17) is 4.74 Å². The normalized spacial score (nSPS) is 17.8. The smallest absolute Gasteiger partial charge is 0.222 e. The molecule has 1 amide bonds. The number of unbranched alkanes of at least 4 members (excludes halogenated alkanes) is 1. The van der Waals surface area contributed by atoms with E-state index in [1.54, 1.807) is 0 Å². The molecule has 0 bridgehead atoms. The minimum atomic E-state index is 0. The summed E-state index contributed by atoms with van der Waals surface area (Å²) in [7, 11) is 0. The van der Waals surface area contributed by atoms with Crippen molar-refractivity contribution in [2.24, 2.45) is 4.99 Å². The van der Waals surface area contributed by atoms with Gasteiger partial charge in [-0.3, -0.25) is 9.79 Å². The summed E-state index contributed by atoms with van der Waals surface area (Å²) in [6, 6.07) is 0.303. The lowest BCUT2D eigenvalue weighted by Crippen LogP contribution is -2.45. The third-order valence-corrected chi connectivity index (χ3v) is 3.70. The fourth-order valence-corrected chi connectivity index (χ4v) is 2.49. The Morgan fingerprint density at radius 1 is 1.30 bits per heavy atom. The van der Waals surface area contributed by atoms with Crippen molar-refractivity contribution in [3.8, 4) is 0 Å². The summed E-state index contributed by atoms with van der Waals surface area (Å²) in [6.07, 6.45) is 3.64. The number of aliphatic imine (C=N–C) groups is 1. The van der Waals surface area contributed by atoms with Crippen LogP contribution in [0, 0.1) is 0 Å². The zero-order valence-electron chi connectivity index (χ0n) is 14.8. The Bertz CT molecular complexity index is 353. The van der Waals surface area contributed by atoms with Crippen molar-refractivity contribution < 1.29 is 9.53 Å². The first kappa shape index (κ1) is 22.4. The molecule has 1 fully saturated rings. The number of halogens is 1. The van der Waals surface area contributed by atoms with E-state index in [9.17, 15) is 4.79 Å². The number of carbonyl (C=O) groups is 1. The van der Waals surface area contributed by atoms with Gasteiger partial charge in [0.1, 0.15) is 0 Å². The average molecular weight is 440 g/mol. The molecule has 1 heterocycles. The second-order valence-electron chi connectivity index (χ2n) is 5.49. The molecule has 1 rings (SSSR count). The lowest BCUT2D eigenvalue weighted by molar-refractivity contribution is -0.129. The van der Waals surface area contributed by atoms with E-state index in [0.29, 0.717) is 12.5 Å². The molecule has 6 nitrogen and oxygen atoms in total. The lowest BCUT2D eigenvalue weighted by atomic mass is 10.3. The highest BCUT2D eigenvalue weighted by atomic mass is 127.